The summed E-state index contributed by atoms with van der Waals surface area (Å²) in [5.74, 6) is 0.215. The van der Waals surface area contributed by atoms with Crippen LogP contribution in [-0.4, -0.2) is 30.7 Å². The number of hydrogen-bond donors (Lipinski definition) is 2. The van der Waals surface area contributed by atoms with Crippen LogP contribution in [0.15, 0.2) is 23.1 Å². The summed E-state index contributed by atoms with van der Waals surface area (Å²) in [6, 6.07) is 3.33. The van der Waals surface area contributed by atoms with Gasteiger partial charge in [0.2, 0.25) is 10.0 Å². The quantitative estimate of drug-likeness (QED) is 0.615. The van der Waals surface area contributed by atoms with E-state index in [9.17, 15) is 23.6 Å². The number of aliphatic hydroxyl groups is 1. The molecule has 1 fully saturated rings. The molecule has 0 amide bonds. The zero-order chi connectivity index (χ0) is 17.3. The molecule has 23 heavy (non-hydrogen) atoms. The Morgan fingerprint density at radius 2 is 2.04 bits per heavy atom. The lowest BCUT2D eigenvalue weighted by Crippen LogP contribution is -2.32. The van der Waals surface area contributed by atoms with Crippen molar-refractivity contribution in [2.24, 2.45) is 11.1 Å². The van der Waals surface area contributed by atoms with Crippen LogP contribution in [0.3, 0.4) is 0 Å². The minimum Gasteiger partial charge on any atom is -0.487 e. The Labute approximate surface area is 134 Å². The normalized spacial score (nSPS) is 25.1. The zero-order valence-electron chi connectivity index (χ0n) is 12.8. The molecule has 0 aromatic heterocycles. The van der Waals surface area contributed by atoms with Crippen LogP contribution in [0.2, 0.25) is 0 Å². The SMILES string of the molecule is C[C@]1(O)CC[C@H](COc2ccc(S(N)(=O)=O)cc2[N+](=O)[O-])CC1. The van der Waals surface area contributed by atoms with E-state index in [-0.39, 0.29) is 23.2 Å². The van der Waals surface area contributed by atoms with Gasteiger partial charge in [0.25, 0.3) is 0 Å². The molecule has 1 saturated carbocycles. The van der Waals surface area contributed by atoms with Gasteiger partial charge in [-0.25, -0.2) is 13.6 Å². The van der Waals surface area contributed by atoms with Gasteiger partial charge in [-0.15, -0.1) is 0 Å². The van der Waals surface area contributed by atoms with Gasteiger partial charge in [0, 0.05) is 6.07 Å². The third-order valence-corrected chi connectivity index (χ3v) is 5.02. The lowest BCUT2D eigenvalue weighted by atomic mass is 9.80. The van der Waals surface area contributed by atoms with E-state index in [0.717, 1.165) is 18.9 Å². The number of ether oxygens (including phenoxy) is 1. The van der Waals surface area contributed by atoms with E-state index in [1.165, 1.54) is 12.1 Å². The molecule has 1 aliphatic rings. The second kappa shape index (κ2) is 6.42. The number of nitrogens with zero attached hydrogens (tertiary/aromatic N) is 1. The minimum absolute atomic E-state index is 0.0136. The lowest BCUT2D eigenvalue weighted by Gasteiger charge is -2.32. The smallest absolute Gasteiger partial charge is 0.312 e. The van der Waals surface area contributed by atoms with Gasteiger partial charge in [-0.2, -0.15) is 0 Å². The molecule has 1 aromatic carbocycles. The maximum Gasteiger partial charge on any atom is 0.312 e. The van der Waals surface area contributed by atoms with Crippen molar-refractivity contribution in [2.45, 2.75) is 43.1 Å². The van der Waals surface area contributed by atoms with Crippen LogP contribution in [0.5, 0.6) is 5.75 Å². The molecule has 0 aliphatic heterocycles. The van der Waals surface area contributed by atoms with Crippen LogP contribution in [0.4, 0.5) is 5.69 Å². The predicted molar refractivity (Wildman–Crippen MR) is 82.5 cm³/mol. The summed E-state index contributed by atoms with van der Waals surface area (Å²) in [6.07, 6.45) is 2.87. The lowest BCUT2D eigenvalue weighted by molar-refractivity contribution is -0.386. The summed E-state index contributed by atoms with van der Waals surface area (Å²) in [4.78, 5) is 10.1. The van der Waals surface area contributed by atoms with Crippen LogP contribution in [0.1, 0.15) is 32.6 Å². The zero-order valence-corrected chi connectivity index (χ0v) is 13.6. The molecule has 0 unspecified atom stereocenters. The highest BCUT2D eigenvalue weighted by Crippen LogP contribution is 2.34. The Kier molecular flexibility index (Phi) is 4.92. The molecule has 0 radical (unpaired) electrons. The summed E-state index contributed by atoms with van der Waals surface area (Å²) in [7, 11) is -4.01. The first kappa shape index (κ1) is 17.6. The maximum absolute atomic E-state index is 11.3. The van der Waals surface area contributed by atoms with E-state index in [4.69, 9.17) is 9.88 Å². The van der Waals surface area contributed by atoms with E-state index in [0.29, 0.717) is 12.8 Å². The van der Waals surface area contributed by atoms with Crippen molar-refractivity contribution in [1.82, 2.24) is 0 Å². The number of benzene rings is 1. The highest BCUT2D eigenvalue weighted by molar-refractivity contribution is 7.89. The van der Waals surface area contributed by atoms with E-state index in [2.05, 4.69) is 0 Å². The van der Waals surface area contributed by atoms with Gasteiger partial charge >= 0.3 is 5.69 Å². The van der Waals surface area contributed by atoms with Crippen LogP contribution < -0.4 is 9.88 Å². The number of rotatable bonds is 5. The highest BCUT2D eigenvalue weighted by Gasteiger charge is 2.29. The Bertz CT molecular complexity index is 691. The standard InChI is InChI=1S/C14H20N2O6S/c1-14(17)6-4-10(5-7-14)9-22-13-3-2-11(23(15,20)21)8-12(13)16(18)19/h2-3,8,10,17H,4-7,9H2,1H3,(H2,15,20,21)/t10-,14-. The van der Waals surface area contributed by atoms with Gasteiger partial charge in [0.15, 0.2) is 5.75 Å². The Morgan fingerprint density at radius 1 is 1.43 bits per heavy atom. The van der Waals surface area contributed by atoms with Crippen molar-refractivity contribution < 1.29 is 23.2 Å². The molecule has 1 aromatic rings. The first-order valence-electron chi connectivity index (χ1n) is 7.25. The summed E-state index contributed by atoms with van der Waals surface area (Å²) in [6.45, 7) is 2.08. The maximum atomic E-state index is 11.3. The predicted octanol–water partition coefficient (Wildman–Crippen LogP) is 1.56. The first-order chi connectivity index (χ1) is 10.6. The summed E-state index contributed by atoms with van der Waals surface area (Å²) >= 11 is 0. The third kappa shape index (κ3) is 4.63. The average Bonchev–Trinajstić information content (AvgIpc) is 2.45. The Morgan fingerprint density at radius 3 is 2.57 bits per heavy atom. The van der Waals surface area contributed by atoms with Gasteiger partial charge in [-0.05, 0) is 50.7 Å². The second-order valence-electron chi connectivity index (χ2n) is 6.18. The molecule has 0 spiro atoms. The minimum atomic E-state index is -4.01. The monoisotopic (exact) mass is 344 g/mol. The highest BCUT2D eigenvalue weighted by atomic mass is 32.2. The molecule has 0 atom stereocenters. The fraction of sp³-hybridized carbons (Fsp3) is 0.571. The fourth-order valence-corrected chi connectivity index (χ4v) is 3.15. The molecule has 3 N–H and O–H groups in total. The molecule has 0 heterocycles. The van der Waals surface area contributed by atoms with Crippen molar-refractivity contribution in [3.05, 3.63) is 28.3 Å². The Balaban J connectivity index is 2.09. The van der Waals surface area contributed by atoms with Crippen molar-refractivity contribution in [3.63, 3.8) is 0 Å². The molecule has 8 nitrogen and oxygen atoms in total. The van der Waals surface area contributed by atoms with Gasteiger partial charge in [-0.3, -0.25) is 10.1 Å². The third-order valence-electron chi connectivity index (χ3n) is 4.11. The van der Waals surface area contributed by atoms with Gasteiger partial charge < -0.3 is 9.84 Å². The molecule has 0 bridgehead atoms. The molecule has 128 valence electrons. The summed E-state index contributed by atoms with van der Waals surface area (Å²) < 4.78 is 28.1. The number of hydrogen-bond acceptors (Lipinski definition) is 6. The Hall–Kier alpha value is -1.71. The number of nitrogens with two attached hydrogens (primary N) is 1. The molecule has 9 heteroatoms. The largest absolute Gasteiger partial charge is 0.487 e. The first-order valence-corrected chi connectivity index (χ1v) is 8.79. The van der Waals surface area contributed by atoms with Gasteiger partial charge in [0.1, 0.15) is 0 Å². The van der Waals surface area contributed by atoms with Crippen LogP contribution in [0.25, 0.3) is 0 Å². The van der Waals surface area contributed by atoms with Crippen LogP contribution in [0, 0.1) is 16.0 Å². The average molecular weight is 344 g/mol. The van der Waals surface area contributed by atoms with Crippen molar-refractivity contribution >= 4 is 15.7 Å². The van der Waals surface area contributed by atoms with Crippen LogP contribution in [-0.2, 0) is 10.0 Å². The van der Waals surface area contributed by atoms with E-state index >= 15 is 0 Å². The molecule has 1 aliphatic carbocycles. The van der Waals surface area contributed by atoms with E-state index in [1.807, 2.05) is 0 Å². The molecular weight excluding hydrogens is 324 g/mol. The number of sulfonamides is 1. The topological polar surface area (TPSA) is 133 Å². The molecular formula is C14H20N2O6S. The second-order valence-corrected chi connectivity index (χ2v) is 7.74. The fourth-order valence-electron chi connectivity index (χ4n) is 2.61. The van der Waals surface area contributed by atoms with E-state index < -0.39 is 26.2 Å². The van der Waals surface area contributed by atoms with Crippen molar-refractivity contribution in [1.29, 1.82) is 0 Å². The number of primary sulfonamides is 1. The van der Waals surface area contributed by atoms with E-state index in [1.54, 1.807) is 6.92 Å². The summed E-state index contributed by atoms with van der Waals surface area (Å²) in [5, 5.41) is 26.0. The number of nitro benzene ring substituents is 1. The summed E-state index contributed by atoms with van der Waals surface area (Å²) in [5.41, 5.74) is -1.08. The molecule has 2 rings (SSSR count). The van der Waals surface area contributed by atoms with Gasteiger partial charge in [-0.1, -0.05) is 0 Å². The van der Waals surface area contributed by atoms with Crippen molar-refractivity contribution in [3.8, 4) is 5.75 Å². The van der Waals surface area contributed by atoms with Gasteiger partial charge in [0.05, 0.1) is 22.0 Å². The number of nitro groups is 1. The van der Waals surface area contributed by atoms with Crippen molar-refractivity contribution in [2.75, 3.05) is 6.61 Å². The van der Waals surface area contributed by atoms with Crippen LogP contribution >= 0.6 is 0 Å². The molecule has 0 saturated heterocycles.